The minimum atomic E-state index is -1.67. The molecule has 4 aliphatic carbocycles. The van der Waals surface area contributed by atoms with Gasteiger partial charge in [0, 0.05) is 17.9 Å². The molecule has 0 amide bonds. The summed E-state index contributed by atoms with van der Waals surface area (Å²) in [6.07, 6.45) is -3.41. The molecule has 0 bridgehead atoms. The molecule has 5 aromatic rings. The standard InChI is InChI=1S/C75H84O17/c1-43-33-38-75(82-41-43)44(2)59-57(92-75)40-56-54-32-29-51-39-53(34-36-73(51,4)55(54)35-37-74(56,59)5)84-72-65(63(88-68(78)48-23-15-9-16-24-48)61-58(85-72)42-81-70(90-61)50-27-30-52(80-6)31-28-50)91-71-64(89-69(79)49-25-17-10-18-26-49)62(87-67(77)47-21-13-8-14-22-47)60(45(3)83-71)86-66(76)46-19-11-7-12-20-46/h7-31,43-45,53-65,70-72H,32-42H2,1-6H3. The van der Waals surface area contributed by atoms with Crippen molar-refractivity contribution in [3.05, 3.63) is 185 Å². The first kappa shape index (κ1) is 62.6. The number of allylic oxidation sites excluding steroid dienone is 1. The molecule has 14 rings (SSSR count). The second kappa shape index (κ2) is 25.8. The topological polar surface area (TPSA) is 188 Å². The molecule has 3 saturated carbocycles. The van der Waals surface area contributed by atoms with Crippen LogP contribution in [0.15, 0.2) is 157 Å². The van der Waals surface area contributed by atoms with E-state index in [1.54, 1.807) is 147 Å². The van der Waals surface area contributed by atoms with E-state index in [2.05, 4.69) is 33.8 Å². The summed E-state index contributed by atoms with van der Waals surface area (Å²) in [6, 6.07) is 40.9. The van der Waals surface area contributed by atoms with Crippen LogP contribution in [0.2, 0.25) is 0 Å². The quantitative estimate of drug-likeness (QED) is 0.0579. The lowest BCUT2D eigenvalue weighted by Crippen LogP contribution is -2.67. The first-order valence-electron chi connectivity index (χ1n) is 33.2. The summed E-state index contributed by atoms with van der Waals surface area (Å²) >= 11 is 0. The van der Waals surface area contributed by atoms with Gasteiger partial charge in [-0.25, -0.2) is 19.2 Å². The number of fused-ring (bicyclic) bond motifs is 8. The van der Waals surface area contributed by atoms with Crippen LogP contribution in [0.3, 0.4) is 0 Å². The molecule has 22 atom stereocenters. The van der Waals surface area contributed by atoms with E-state index in [1.807, 2.05) is 12.1 Å². The lowest BCUT2D eigenvalue weighted by Gasteiger charge is -2.59. The van der Waals surface area contributed by atoms with E-state index in [1.165, 1.54) is 5.57 Å². The number of carbonyl (C=O) groups excluding carboxylic acids is 4. The summed E-state index contributed by atoms with van der Waals surface area (Å²) in [7, 11) is 1.59. The van der Waals surface area contributed by atoms with E-state index in [0.29, 0.717) is 59.7 Å². The van der Waals surface area contributed by atoms with Gasteiger partial charge in [0.05, 0.1) is 60.9 Å². The SMILES string of the molecule is COc1ccc(C2OCC3OC(OC4CCC5(C)C(=CCC6C5CCC5(C)C6CC6OC7(CCC(C)CO7)C(C)C65)C4)C(OC4OC(C)C(OC(=O)c5ccccc5)C(OC(=O)c5ccccc5)C4OC(=O)c4ccccc4)C(OC(=O)c4ccccc4)C3O2)cc1. The van der Waals surface area contributed by atoms with Gasteiger partial charge in [-0.1, -0.05) is 124 Å². The molecule has 0 aromatic heterocycles. The maximum absolute atomic E-state index is 14.8. The lowest BCUT2D eigenvalue weighted by atomic mass is 9.47. The highest BCUT2D eigenvalue weighted by atomic mass is 16.8. The van der Waals surface area contributed by atoms with Crippen LogP contribution in [-0.4, -0.2) is 124 Å². The minimum Gasteiger partial charge on any atom is -0.497 e. The molecule has 0 N–H and O–H groups in total. The molecule has 22 unspecified atom stereocenters. The molecule has 92 heavy (non-hydrogen) atoms. The number of methoxy groups -OCH3 is 1. The fourth-order valence-corrected chi connectivity index (χ4v) is 17.5. The van der Waals surface area contributed by atoms with Crippen LogP contribution >= 0.6 is 0 Å². The van der Waals surface area contributed by atoms with E-state index in [0.717, 1.165) is 51.6 Å². The van der Waals surface area contributed by atoms with E-state index >= 15 is 0 Å². The third-order valence-electron chi connectivity index (χ3n) is 22.4. The number of carbonyl (C=O) groups is 4. The monoisotopic (exact) mass is 1260 g/mol. The number of ether oxygens (including phenoxy) is 13. The summed E-state index contributed by atoms with van der Waals surface area (Å²) < 4.78 is 87.2. The minimum absolute atomic E-state index is 0.00334. The fourth-order valence-electron chi connectivity index (χ4n) is 17.5. The van der Waals surface area contributed by atoms with Crippen molar-refractivity contribution in [2.24, 2.45) is 46.3 Å². The normalized spacial score (nSPS) is 38.6. The predicted molar refractivity (Wildman–Crippen MR) is 334 cm³/mol. The molecule has 17 nitrogen and oxygen atoms in total. The van der Waals surface area contributed by atoms with Crippen molar-refractivity contribution in [1.82, 2.24) is 0 Å². The van der Waals surface area contributed by atoms with Gasteiger partial charge in [-0.2, -0.15) is 0 Å². The van der Waals surface area contributed by atoms with E-state index in [4.69, 9.17) is 61.6 Å². The van der Waals surface area contributed by atoms with Gasteiger partial charge in [-0.15, -0.1) is 0 Å². The number of benzene rings is 5. The van der Waals surface area contributed by atoms with Crippen LogP contribution in [0.1, 0.15) is 146 Å². The van der Waals surface area contributed by atoms with Gasteiger partial charge in [-0.05, 0) is 159 Å². The largest absolute Gasteiger partial charge is 0.497 e. The molecule has 8 fully saturated rings. The summed E-state index contributed by atoms with van der Waals surface area (Å²) in [6.45, 7) is 12.1. The van der Waals surface area contributed by atoms with Crippen LogP contribution in [0.5, 0.6) is 5.75 Å². The molecule has 0 radical (unpaired) electrons. The summed E-state index contributed by atoms with van der Waals surface area (Å²) in [5.41, 5.74) is 2.94. The van der Waals surface area contributed by atoms with Crippen molar-refractivity contribution in [2.75, 3.05) is 20.3 Å². The van der Waals surface area contributed by atoms with Crippen LogP contribution in [-0.2, 0) is 56.8 Å². The van der Waals surface area contributed by atoms with Crippen molar-refractivity contribution < 1.29 is 80.8 Å². The Morgan fingerprint density at radius 1 is 0.543 bits per heavy atom. The maximum atomic E-state index is 14.8. The Bertz CT molecular complexity index is 3450. The Morgan fingerprint density at radius 3 is 1.71 bits per heavy atom. The zero-order valence-electron chi connectivity index (χ0n) is 53.1. The van der Waals surface area contributed by atoms with Gasteiger partial charge in [0.15, 0.2) is 55.2 Å². The molecule has 486 valence electrons. The summed E-state index contributed by atoms with van der Waals surface area (Å²) in [4.78, 5) is 58.1. The molecule has 5 aromatic carbocycles. The molecule has 5 saturated heterocycles. The van der Waals surface area contributed by atoms with E-state index < -0.39 is 103 Å². The molecule has 17 heteroatoms. The van der Waals surface area contributed by atoms with Gasteiger partial charge in [0.25, 0.3) is 0 Å². The highest BCUT2D eigenvalue weighted by Gasteiger charge is 2.69. The van der Waals surface area contributed by atoms with Crippen LogP contribution < -0.4 is 4.74 Å². The highest BCUT2D eigenvalue weighted by molar-refractivity contribution is 5.91. The maximum Gasteiger partial charge on any atom is 0.338 e. The highest BCUT2D eigenvalue weighted by Crippen LogP contribution is 2.71. The fraction of sp³-hybridized carbons (Fsp3) is 0.520. The van der Waals surface area contributed by atoms with Crippen molar-refractivity contribution in [3.63, 3.8) is 0 Å². The summed E-state index contributed by atoms with van der Waals surface area (Å²) in [5, 5.41) is 0. The predicted octanol–water partition coefficient (Wildman–Crippen LogP) is 12.6. The van der Waals surface area contributed by atoms with E-state index in [-0.39, 0.29) is 45.8 Å². The van der Waals surface area contributed by atoms with Crippen LogP contribution in [0, 0.1) is 46.3 Å². The van der Waals surface area contributed by atoms with Crippen molar-refractivity contribution in [3.8, 4) is 5.75 Å². The number of hydrogen-bond acceptors (Lipinski definition) is 17. The third-order valence-corrected chi connectivity index (χ3v) is 22.4. The number of esters is 4. The van der Waals surface area contributed by atoms with E-state index in [9.17, 15) is 19.2 Å². The van der Waals surface area contributed by atoms with Gasteiger partial charge in [0.2, 0.25) is 0 Å². The Hall–Kier alpha value is -6.80. The molecular weight excluding hydrogens is 1170 g/mol. The number of hydrogen-bond donors (Lipinski definition) is 0. The third kappa shape index (κ3) is 11.8. The first-order valence-corrected chi connectivity index (χ1v) is 33.2. The molecule has 9 aliphatic rings. The second-order valence-corrected chi connectivity index (χ2v) is 27.6. The van der Waals surface area contributed by atoms with Gasteiger partial charge < -0.3 is 61.6 Å². The van der Waals surface area contributed by atoms with Crippen LogP contribution in [0.25, 0.3) is 0 Å². The first-order chi connectivity index (χ1) is 44.6. The molecule has 1 spiro atoms. The molecular formula is C75H84O17. The van der Waals surface area contributed by atoms with Gasteiger partial charge in [0.1, 0.15) is 18.0 Å². The van der Waals surface area contributed by atoms with Crippen molar-refractivity contribution >= 4 is 23.9 Å². The average Bonchev–Trinajstić information content (AvgIpc) is 1.64. The molecule has 5 aliphatic heterocycles. The van der Waals surface area contributed by atoms with Crippen molar-refractivity contribution in [2.45, 2.75) is 178 Å². The van der Waals surface area contributed by atoms with Crippen molar-refractivity contribution in [1.29, 1.82) is 0 Å². The van der Waals surface area contributed by atoms with Gasteiger partial charge in [-0.3, -0.25) is 0 Å². The average molecular weight is 1260 g/mol. The van der Waals surface area contributed by atoms with Gasteiger partial charge >= 0.3 is 23.9 Å². The van der Waals surface area contributed by atoms with Crippen LogP contribution in [0.4, 0.5) is 0 Å². The Labute approximate surface area is 537 Å². The Balaban J connectivity index is 0.808. The Kier molecular flexibility index (Phi) is 17.6. The second-order valence-electron chi connectivity index (χ2n) is 27.6. The lowest BCUT2D eigenvalue weighted by molar-refractivity contribution is -0.394. The zero-order valence-corrected chi connectivity index (χ0v) is 53.1. The zero-order chi connectivity index (χ0) is 63.5. The smallest absolute Gasteiger partial charge is 0.338 e. The summed E-state index contributed by atoms with van der Waals surface area (Å²) in [5.74, 6) is 0.00123. The molecule has 5 heterocycles. The number of rotatable bonds is 14. The Morgan fingerprint density at radius 2 is 1.12 bits per heavy atom.